The molecule has 0 spiro atoms. The predicted octanol–water partition coefficient (Wildman–Crippen LogP) is 2.42. The molecule has 1 atom stereocenters. The van der Waals surface area contributed by atoms with Gasteiger partial charge in [0.15, 0.2) is 6.04 Å². The van der Waals surface area contributed by atoms with Crippen LogP contribution < -0.4 is 4.90 Å². The van der Waals surface area contributed by atoms with Gasteiger partial charge >= 0.3 is 5.97 Å². The first-order chi connectivity index (χ1) is 13.0. The Morgan fingerprint density at radius 3 is 2.59 bits per heavy atom. The van der Waals surface area contributed by atoms with Crippen molar-refractivity contribution < 1.29 is 19.5 Å². The van der Waals surface area contributed by atoms with Crippen molar-refractivity contribution in [2.75, 3.05) is 18.5 Å². The molecule has 0 aliphatic carbocycles. The van der Waals surface area contributed by atoms with Gasteiger partial charge in [-0.15, -0.1) is 0 Å². The lowest BCUT2D eigenvalue weighted by Crippen LogP contribution is -2.43. The van der Waals surface area contributed by atoms with Gasteiger partial charge in [-0.1, -0.05) is 24.3 Å². The number of rotatable bonds is 2. The van der Waals surface area contributed by atoms with E-state index in [-0.39, 0.29) is 11.8 Å². The molecular weight excluding hydrogens is 344 g/mol. The van der Waals surface area contributed by atoms with Crippen molar-refractivity contribution in [3.05, 3.63) is 64.7 Å². The van der Waals surface area contributed by atoms with Gasteiger partial charge < -0.3 is 14.9 Å². The minimum absolute atomic E-state index is 0.0557. The number of benzene rings is 2. The minimum atomic E-state index is -1.03. The Labute approximate surface area is 157 Å². The van der Waals surface area contributed by atoms with E-state index in [2.05, 4.69) is 0 Å². The summed E-state index contributed by atoms with van der Waals surface area (Å²) in [6.45, 7) is 0.363. The number of hydrogen-bond donors (Lipinski definition) is 1. The highest BCUT2D eigenvalue weighted by Crippen LogP contribution is 2.33. The molecule has 1 N–H and O–H groups in total. The number of hydrogen-bond acceptors (Lipinski definition) is 3. The fourth-order valence-electron chi connectivity index (χ4n) is 4.01. The summed E-state index contributed by atoms with van der Waals surface area (Å²) in [6, 6.07) is 11.6. The molecule has 2 aromatic carbocycles. The van der Waals surface area contributed by atoms with E-state index in [0.717, 1.165) is 16.8 Å². The predicted molar refractivity (Wildman–Crippen MR) is 99.7 cm³/mol. The highest BCUT2D eigenvalue weighted by Gasteiger charge is 2.36. The summed E-state index contributed by atoms with van der Waals surface area (Å²) in [5.41, 5.74) is 3.85. The highest BCUT2D eigenvalue weighted by atomic mass is 16.4. The number of carboxylic acids is 1. The van der Waals surface area contributed by atoms with Crippen LogP contribution in [0.25, 0.3) is 0 Å². The third-order valence-electron chi connectivity index (χ3n) is 5.45. The zero-order valence-electron chi connectivity index (χ0n) is 15.0. The van der Waals surface area contributed by atoms with Crippen molar-refractivity contribution in [1.82, 2.24) is 4.90 Å². The second-order valence-corrected chi connectivity index (χ2v) is 6.98. The monoisotopic (exact) mass is 364 g/mol. The third kappa shape index (κ3) is 2.87. The van der Waals surface area contributed by atoms with Gasteiger partial charge in [0.1, 0.15) is 0 Å². The van der Waals surface area contributed by atoms with E-state index in [4.69, 9.17) is 0 Å². The maximum atomic E-state index is 13.1. The second kappa shape index (κ2) is 6.54. The molecule has 2 amide bonds. The summed E-state index contributed by atoms with van der Waals surface area (Å²) in [6.07, 6.45) is 1.63. The molecule has 1 unspecified atom stereocenters. The fraction of sp³-hybridized carbons (Fsp3) is 0.286. The number of anilines is 1. The Morgan fingerprint density at radius 2 is 1.81 bits per heavy atom. The van der Waals surface area contributed by atoms with Gasteiger partial charge in [0.25, 0.3) is 5.91 Å². The number of carbonyl (C=O) groups excluding carboxylic acids is 2. The molecular formula is C21H20N2O4. The van der Waals surface area contributed by atoms with Gasteiger partial charge in [0, 0.05) is 31.3 Å². The van der Waals surface area contributed by atoms with Crippen LogP contribution in [0.2, 0.25) is 0 Å². The largest absolute Gasteiger partial charge is 0.479 e. The SMILES string of the molecule is CN1C(=O)CCc2cc(C(=O)N3CCc4ccccc4C3C(=O)O)ccc21. The van der Waals surface area contributed by atoms with Crippen LogP contribution in [0.15, 0.2) is 42.5 Å². The lowest BCUT2D eigenvalue weighted by atomic mass is 9.91. The van der Waals surface area contributed by atoms with Gasteiger partial charge in [-0.3, -0.25) is 9.59 Å². The molecule has 27 heavy (non-hydrogen) atoms. The Kier molecular flexibility index (Phi) is 4.18. The molecule has 2 aliphatic heterocycles. The molecule has 2 aliphatic rings. The number of carboxylic acid groups (broad SMARTS) is 1. The first-order valence-electron chi connectivity index (χ1n) is 8.98. The molecule has 4 rings (SSSR count). The molecule has 138 valence electrons. The first-order valence-corrected chi connectivity index (χ1v) is 8.98. The number of aliphatic carboxylic acids is 1. The summed E-state index contributed by atoms with van der Waals surface area (Å²) in [4.78, 5) is 40.0. The zero-order chi connectivity index (χ0) is 19.1. The van der Waals surface area contributed by atoms with E-state index < -0.39 is 12.0 Å². The fourth-order valence-corrected chi connectivity index (χ4v) is 4.01. The molecule has 6 heteroatoms. The molecule has 0 fully saturated rings. The summed E-state index contributed by atoms with van der Waals surface area (Å²) in [7, 11) is 1.73. The number of aryl methyl sites for hydroxylation is 1. The van der Waals surface area contributed by atoms with E-state index >= 15 is 0 Å². The quantitative estimate of drug-likeness (QED) is 0.888. The van der Waals surface area contributed by atoms with Crippen molar-refractivity contribution in [2.45, 2.75) is 25.3 Å². The smallest absolute Gasteiger partial charge is 0.331 e. The van der Waals surface area contributed by atoms with Crippen LogP contribution in [0, 0.1) is 0 Å². The number of nitrogens with zero attached hydrogens (tertiary/aromatic N) is 2. The van der Waals surface area contributed by atoms with Crippen LogP contribution in [0.1, 0.15) is 39.5 Å². The summed E-state index contributed by atoms with van der Waals surface area (Å²) in [5, 5.41) is 9.77. The van der Waals surface area contributed by atoms with E-state index in [1.807, 2.05) is 12.1 Å². The molecule has 2 heterocycles. The van der Waals surface area contributed by atoms with Gasteiger partial charge in [-0.05, 0) is 47.7 Å². The van der Waals surface area contributed by atoms with Gasteiger partial charge in [0.05, 0.1) is 0 Å². The number of carbonyl (C=O) groups is 3. The van der Waals surface area contributed by atoms with Crippen LogP contribution in [0.5, 0.6) is 0 Å². The Bertz CT molecular complexity index is 953. The average molecular weight is 364 g/mol. The van der Waals surface area contributed by atoms with Crippen molar-refractivity contribution in [3.8, 4) is 0 Å². The second-order valence-electron chi connectivity index (χ2n) is 6.98. The zero-order valence-corrected chi connectivity index (χ0v) is 15.0. The Hall–Kier alpha value is -3.15. The van der Waals surface area contributed by atoms with Crippen LogP contribution in [-0.4, -0.2) is 41.4 Å². The Morgan fingerprint density at radius 1 is 1.04 bits per heavy atom. The van der Waals surface area contributed by atoms with Crippen molar-refractivity contribution in [2.24, 2.45) is 0 Å². The lowest BCUT2D eigenvalue weighted by Gasteiger charge is -2.35. The third-order valence-corrected chi connectivity index (χ3v) is 5.45. The molecule has 0 aromatic heterocycles. The summed E-state index contributed by atoms with van der Waals surface area (Å²) < 4.78 is 0. The van der Waals surface area contributed by atoms with E-state index in [1.54, 1.807) is 42.3 Å². The van der Waals surface area contributed by atoms with Crippen LogP contribution in [0.4, 0.5) is 5.69 Å². The lowest BCUT2D eigenvalue weighted by molar-refractivity contribution is -0.143. The first kappa shape index (κ1) is 17.3. The van der Waals surface area contributed by atoms with Crippen LogP contribution >= 0.6 is 0 Å². The van der Waals surface area contributed by atoms with E-state index in [1.165, 1.54) is 4.90 Å². The topological polar surface area (TPSA) is 77.9 Å². The summed E-state index contributed by atoms with van der Waals surface area (Å²) in [5.74, 6) is -1.27. The maximum Gasteiger partial charge on any atom is 0.331 e. The Balaban J connectivity index is 1.69. The molecule has 6 nitrogen and oxygen atoms in total. The van der Waals surface area contributed by atoms with Crippen LogP contribution in [0.3, 0.4) is 0 Å². The average Bonchev–Trinajstić information content (AvgIpc) is 2.69. The molecule has 0 radical (unpaired) electrons. The van der Waals surface area contributed by atoms with Gasteiger partial charge in [0.2, 0.25) is 5.91 Å². The van der Waals surface area contributed by atoms with Gasteiger partial charge in [-0.25, -0.2) is 4.79 Å². The minimum Gasteiger partial charge on any atom is -0.479 e. The van der Waals surface area contributed by atoms with E-state index in [9.17, 15) is 19.5 Å². The van der Waals surface area contributed by atoms with Crippen LogP contribution in [-0.2, 0) is 22.4 Å². The highest BCUT2D eigenvalue weighted by molar-refractivity contribution is 6.00. The van der Waals surface area contributed by atoms with Crippen molar-refractivity contribution in [1.29, 1.82) is 0 Å². The van der Waals surface area contributed by atoms with Crippen molar-refractivity contribution >= 4 is 23.5 Å². The molecule has 0 saturated carbocycles. The normalized spacial score (nSPS) is 18.7. The standard InChI is InChI=1S/C21H20N2O4/c1-22-17-8-6-15(12-14(17)7-9-18(22)24)20(25)23-11-10-13-4-2-3-5-16(13)19(23)21(26)27/h2-6,8,12,19H,7,9-11H2,1H3,(H,26,27). The maximum absolute atomic E-state index is 13.1. The molecule has 0 bridgehead atoms. The van der Waals surface area contributed by atoms with E-state index in [0.29, 0.717) is 36.9 Å². The molecule has 2 aromatic rings. The number of fused-ring (bicyclic) bond motifs is 2. The molecule has 0 saturated heterocycles. The van der Waals surface area contributed by atoms with Crippen molar-refractivity contribution in [3.63, 3.8) is 0 Å². The van der Waals surface area contributed by atoms with Gasteiger partial charge in [-0.2, -0.15) is 0 Å². The summed E-state index contributed by atoms with van der Waals surface area (Å²) >= 11 is 0. The number of amides is 2.